The molecule has 1 fully saturated rings. The maximum absolute atomic E-state index is 11.9. The summed E-state index contributed by atoms with van der Waals surface area (Å²) >= 11 is 8.32. The Hall–Kier alpha value is -0.950. The van der Waals surface area contributed by atoms with Gasteiger partial charge >= 0.3 is 0 Å². The number of carbonyl (C=O) groups excluding carboxylic acids is 1. The molecule has 0 radical (unpaired) electrons. The van der Waals surface area contributed by atoms with Gasteiger partial charge in [-0.3, -0.25) is 4.79 Å². The quantitative estimate of drug-likeness (QED) is 0.317. The van der Waals surface area contributed by atoms with E-state index in [1.165, 1.54) is 0 Å². The molecule has 0 spiro atoms. The molecule has 2 atom stereocenters. The molecule has 1 aromatic rings. The van der Waals surface area contributed by atoms with Crippen LogP contribution in [0.3, 0.4) is 0 Å². The minimum absolute atomic E-state index is 0.145. The monoisotopic (exact) mass is 432 g/mol. The van der Waals surface area contributed by atoms with Gasteiger partial charge in [-0.1, -0.05) is 63.1 Å². The van der Waals surface area contributed by atoms with Crippen molar-refractivity contribution in [2.24, 2.45) is 5.18 Å². The Labute approximate surface area is 148 Å². The van der Waals surface area contributed by atoms with Crippen LogP contribution in [0.15, 0.2) is 41.1 Å². The fraction of sp³-hybridized carbons (Fsp3) is 0.438. The second-order valence-electron chi connectivity index (χ2n) is 5.42. The van der Waals surface area contributed by atoms with E-state index < -0.39 is 0 Å². The Morgan fingerprint density at radius 1 is 1.50 bits per heavy atom. The molecule has 0 aliphatic heterocycles. The first-order valence-electron chi connectivity index (χ1n) is 7.24. The first-order chi connectivity index (χ1) is 10.6. The number of carbonyl (C=O) groups is 1. The van der Waals surface area contributed by atoms with E-state index in [0.29, 0.717) is 16.9 Å². The van der Waals surface area contributed by atoms with Crippen molar-refractivity contribution in [3.63, 3.8) is 0 Å². The highest BCUT2D eigenvalue weighted by Gasteiger charge is 2.23. The van der Waals surface area contributed by atoms with Gasteiger partial charge in [-0.05, 0) is 36.8 Å². The number of hydrogen-bond acceptors (Lipinski definition) is 3. The highest BCUT2D eigenvalue weighted by atomic mass is 127. The molecule has 2 rings (SSSR count). The van der Waals surface area contributed by atoms with Crippen molar-refractivity contribution >= 4 is 40.1 Å². The molecule has 1 aromatic carbocycles. The number of nitroso groups, excluding NO2 is 1. The molecule has 1 saturated carbocycles. The summed E-state index contributed by atoms with van der Waals surface area (Å²) in [4.78, 5) is 22.4. The summed E-state index contributed by atoms with van der Waals surface area (Å²) in [5, 5.41) is 6.49. The van der Waals surface area contributed by atoms with Crippen LogP contribution < -0.4 is 5.32 Å². The van der Waals surface area contributed by atoms with Gasteiger partial charge in [0, 0.05) is 22.1 Å². The lowest BCUT2D eigenvalue weighted by atomic mass is 9.97. The highest BCUT2D eigenvalue weighted by Crippen LogP contribution is 2.40. The van der Waals surface area contributed by atoms with Crippen molar-refractivity contribution in [3.8, 4) is 0 Å². The van der Waals surface area contributed by atoms with Crippen molar-refractivity contribution in [1.29, 1.82) is 0 Å². The molecular formula is C16H18ClIN2O2. The van der Waals surface area contributed by atoms with Crippen LogP contribution in [0.1, 0.15) is 30.7 Å². The fourth-order valence-corrected chi connectivity index (χ4v) is 3.42. The maximum atomic E-state index is 11.9. The van der Waals surface area contributed by atoms with Gasteiger partial charge in [-0.2, -0.15) is 4.91 Å². The normalized spacial score (nSPS) is 20.8. The van der Waals surface area contributed by atoms with Gasteiger partial charge in [0.05, 0.1) is 0 Å². The van der Waals surface area contributed by atoms with Crippen LogP contribution in [0.5, 0.6) is 0 Å². The number of hydrogen-bond donors (Lipinski definition) is 1. The SMILES string of the molecule is O=N[C@H](CI)CNC(=O)C=C1CCC(c2ccccc2Cl)C1. The van der Waals surface area contributed by atoms with Crippen LogP contribution in [-0.2, 0) is 4.79 Å². The molecule has 0 heterocycles. The first kappa shape index (κ1) is 17.4. The van der Waals surface area contributed by atoms with E-state index >= 15 is 0 Å². The summed E-state index contributed by atoms with van der Waals surface area (Å²) in [5.74, 6) is 0.236. The lowest BCUT2D eigenvalue weighted by Crippen LogP contribution is -2.30. The van der Waals surface area contributed by atoms with Crippen molar-refractivity contribution in [2.75, 3.05) is 11.0 Å². The van der Waals surface area contributed by atoms with Crippen LogP contribution in [-0.4, -0.2) is 22.9 Å². The number of benzene rings is 1. The predicted molar refractivity (Wildman–Crippen MR) is 97.6 cm³/mol. The Morgan fingerprint density at radius 2 is 2.27 bits per heavy atom. The van der Waals surface area contributed by atoms with Gasteiger partial charge in [0.15, 0.2) is 0 Å². The van der Waals surface area contributed by atoms with Crippen molar-refractivity contribution in [3.05, 3.63) is 51.4 Å². The zero-order valence-corrected chi connectivity index (χ0v) is 15.0. The van der Waals surface area contributed by atoms with Crippen LogP contribution in [0.25, 0.3) is 0 Å². The number of alkyl halides is 1. The van der Waals surface area contributed by atoms with E-state index in [2.05, 4.69) is 39.2 Å². The lowest BCUT2D eigenvalue weighted by Gasteiger charge is -2.10. The zero-order chi connectivity index (χ0) is 15.9. The summed E-state index contributed by atoms with van der Waals surface area (Å²) in [6.07, 6.45) is 4.44. The second kappa shape index (κ2) is 8.62. The summed E-state index contributed by atoms with van der Waals surface area (Å²) in [6.45, 7) is 0.295. The number of nitrogens with one attached hydrogen (secondary N) is 1. The lowest BCUT2D eigenvalue weighted by molar-refractivity contribution is -0.116. The van der Waals surface area contributed by atoms with Crippen LogP contribution >= 0.6 is 34.2 Å². The number of allylic oxidation sites excluding steroid dienone is 1. The molecule has 1 N–H and O–H groups in total. The number of rotatable bonds is 6. The van der Waals surface area contributed by atoms with Crippen LogP contribution in [0.4, 0.5) is 0 Å². The third kappa shape index (κ3) is 4.78. The Balaban J connectivity index is 1.91. The van der Waals surface area contributed by atoms with E-state index in [-0.39, 0.29) is 11.9 Å². The average Bonchev–Trinajstić information content (AvgIpc) is 2.97. The average molecular weight is 433 g/mol. The first-order valence-corrected chi connectivity index (χ1v) is 9.14. The molecule has 1 aliphatic carbocycles. The van der Waals surface area contributed by atoms with E-state index in [9.17, 15) is 9.70 Å². The number of nitrogens with zero attached hydrogens (tertiary/aromatic N) is 1. The predicted octanol–water partition coefficient (Wildman–Crippen LogP) is 4.22. The summed E-state index contributed by atoms with van der Waals surface area (Å²) < 4.78 is 0.604. The molecule has 0 saturated heterocycles. The third-order valence-electron chi connectivity index (χ3n) is 3.84. The zero-order valence-electron chi connectivity index (χ0n) is 12.1. The minimum Gasteiger partial charge on any atom is -0.350 e. The largest absolute Gasteiger partial charge is 0.350 e. The van der Waals surface area contributed by atoms with E-state index in [0.717, 1.165) is 35.4 Å². The maximum Gasteiger partial charge on any atom is 0.244 e. The number of amides is 1. The van der Waals surface area contributed by atoms with Gasteiger partial charge in [-0.25, -0.2) is 0 Å². The van der Waals surface area contributed by atoms with Gasteiger partial charge < -0.3 is 5.32 Å². The number of halogens is 2. The second-order valence-corrected chi connectivity index (χ2v) is 6.71. The summed E-state index contributed by atoms with van der Waals surface area (Å²) in [6, 6.07) is 7.52. The molecule has 1 aliphatic rings. The smallest absolute Gasteiger partial charge is 0.244 e. The van der Waals surface area contributed by atoms with Crippen LogP contribution in [0, 0.1) is 4.91 Å². The molecule has 0 aromatic heterocycles. The molecule has 6 heteroatoms. The van der Waals surface area contributed by atoms with Gasteiger partial charge in [0.2, 0.25) is 5.91 Å². The minimum atomic E-state index is -0.359. The summed E-state index contributed by atoms with van der Waals surface area (Å²) in [7, 11) is 0. The fourth-order valence-electron chi connectivity index (χ4n) is 2.66. The van der Waals surface area contributed by atoms with Crippen molar-refractivity contribution < 1.29 is 4.79 Å². The van der Waals surface area contributed by atoms with E-state index in [1.54, 1.807) is 6.08 Å². The molecule has 1 amide bonds. The van der Waals surface area contributed by atoms with E-state index in [4.69, 9.17) is 11.6 Å². The van der Waals surface area contributed by atoms with Gasteiger partial charge in [0.25, 0.3) is 0 Å². The van der Waals surface area contributed by atoms with Gasteiger partial charge in [0.1, 0.15) is 6.04 Å². The molecule has 0 bridgehead atoms. The highest BCUT2D eigenvalue weighted by molar-refractivity contribution is 14.1. The molecular weight excluding hydrogens is 415 g/mol. The Kier molecular flexibility index (Phi) is 6.82. The standard InChI is InChI=1S/C16H18ClIN2O2/c17-15-4-2-1-3-14(15)12-6-5-11(7-12)8-16(21)19-10-13(9-18)20-22/h1-4,8,12-13H,5-7,9-10H2,(H,19,21)/t12?,13-/m1/s1. The molecule has 4 nitrogen and oxygen atoms in total. The Bertz CT molecular complexity index is 577. The van der Waals surface area contributed by atoms with Crippen molar-refractivity contribution in [1.82, 2.24) is 5.32 Å². The van der Waals surface area contributed by atoms with Crippen LogP contribution in [0.2, 0.25) is 5.02 Å². The molecule has 1 unspecified atom stereocenters. The molecule has 118 valence electrons. The topological polar surface area (TPSA) is 58.5 Å². The molecule has 22 heavy (non-hydrogen) atoms. The van der Waals surface area contributed by atoms with E-state index in [1.807, 2.05) is 18.2 Å². The third-order valence-corrected chi connectivity index (χ3v) is 5.20. The van der Waals surface area contributed by atoms with Gasteiger partial charge in [-0.15, -0.1) is 0 Å². The van der Waals surface area contributed by atoms with Crippen molar-refractivity contribution in [2.45, 2.75) is 31.2 Å². The Morgan fingerprint density at radius 3 is 2.95 bits per heavy atom. The summed E-state index contributed by atoms with van der Waals surface area (Å²) in [5.41, 5.74) is 2.29.